The molecule has 0 spiro atoms. The van der Waals surface area contributed by atoms with Crippen molar-refractivity contribution >= 4 is 18.7 Å². The molecule has 1 unspecified atom stereocenters. The van der Waals surface area contributed by atoms with E-state index >= 15 is 0 Å². The van der Waals surface area contributed by atoms with Crippen LogP contribution in [0.1, 0.15) is 20.8 Å². The van der Waals surface area contributed by atoms with Gasteiger partial charge in [0, 0.05) is 25.5 Å². The van der Waals surface area contributed by atoms with E-state index in [0.717, 1.165) is 32.8 Å². The first kappa shape index (κ1) is 15.3. The van der Waals surface area contributed by atoms with E-state index in [9.17, 15) is 0 Å². The molecule has 0 aromatic rings. The zero-order valence-electron chi connectivity index (χ0n) is 12.0. The van der Waals surface area contributed by atoms with Crippen molar-refractivity contribution in [3.63, 3.8) is 0 Å². The molecular weight excluding hydrogens is 264 g/mol. The molecule has 6 heteroatoms. The molecule has 2 fully saturated rings. The topological polar surface area (TPSA) is 30.9 Å². The summed E-state index contributed by atoms with van der Waals surface area (Å²) in [6.07, 6.45) is 1.86. The van der Waals surface area contributed by atoms with Crippen molar-refractivity contribution in [2.24, 2.45) is 0 Å². The van der Waals surface area contributed by atoms with Gasteiger partial charge < -0.3 is 14.0 Å². The molecule has 0 aromatic heterocycles. The van der Waals surface area contributed by atoms with Crippen LogP contribution in [0.15, 0.2) is 12.1 Å². The molecule has 2 rings (SSSR count). The summed E-state index contributed by atoms with van der Waals surface area (Å²) in [5.74, 6) is 2.36. The summed E-state index contributed by atoms with van der Waals surface area (Å²) in [6.45, 7) is 10.7. The quantitative estimate of drug-likeness (QED) is 0.582. The Bertz CT molecular complexity index is 334. The van der Waals surface area contributed by atoms with Crippen molar-refractivity contribution in [3.8, 4) is 0 Å². The molecule has 1 atom stereocenters. The van der Waals surface area contributed by atoms with Gasteiger partial charge in [-0.25, -0.2) is 0 Å². The minimum Gasteiger partial charge on any atom is -0.400 e. The van der Waals surface area contributed by atoms with Gasteiger partial charge in [-0.15, -0.1) is 11.6 Å². The maximum atomic E-state index is 6.12. The highest BCUT2D eigenvalue weighted by Crippen LogP contribution is 2.38. The summed E-state index contributed by atoms with van der Waals surface area (Å²) in [4.78, 5) is 2.38. The first-order chi connectivity index (χ1) is 8.97. The fourth-order valence-electron chi connectivity index (χ4n) is 2.49. The van der Waals surface area contributed by atoms with Gasteiger partial charge in [-0.05, 0) is 20.8 Å². The van der Waals surface area contributed by atoms with E-state index in [2.05, 4.69) is 25.7 Å². The average molecular weight is 288 g/mol. The molecule has 108 valence electrons. The monoisotopic (exact) mass is 287 g/mol. The summed E-state index contributed by atoms with van der Waals surface area (Å²) < 4.78 is 17.5. The Kier molecular flexibility index (Phi) is 4.96. The highest BCUT2D eigenvalue weighted by atomic mass is 35.5. The Morgan fingerprint density at radius 1 is 1.21 bits per heavy atom. The number of nitrogens with zero attached hydrogens (tertiary/aromatic N) is 1. The van der Waals surface area contributed by atoms with E-state index in [1.54, 1.807) is 0 Å². The molecule has 0 saturated carbocycles. The molecule has 2 aliphatic heterocycles. The molecule has 2 heterocycles. The Labute approximate surface area is 121 Å². The van der Waals surface area contributed by atoms with Gasteiger partial charge in [0.15, 0.2) is 0 Å². The third-order valence-corrected chi connectivity index (χ3v) is 4.25. The van der Waals surface area contributed by atoms with Crippen molar-refractivity contribution in [1.82, 2.24) is 4.90 Å². The molecule has 0 aromatic carbocycles. The van der Waals surface area contributed by atoms with Gasteiger partial charge in [-0.2, -0.15) is 0 Å². The number of ether oxygens (including phenoxy) is 1. The highest BCUT2D eigenvalue weighted by molar-refractivity contribution is 6.51. The van der Waals surface area contributed by atoms with Crippen LogP contribution in [0.5, 0.6) is 0 Å². The molecule has 0 N–H and O–H groups in total. The Morgan fingerprint density at radius 2 is 1.89 bits per heavy atom. The molecule has 2 saturated heterocycles. The first-order valence-electron chi connectivity index (χ1n) is 6.85. The van der Waals surface area contributed by atoms with E-state index in [1.165, 1.54) is 0 Å². The van der Waals surface area contributed by atoms with Gasteiger partial charge in [0.25, 0.3) is 0 Å². The van der Waals surface area contributed by atoms with Gasteiger partial charge in [-0.3, -0.25) is 4.90 Å². The lowest BCUT2D eigenvalue weighted by atomic mass is 9.87. The summed E-state index contributed by atoms with van der Waals surface area (Å²) in [6, 6.07) is 0. The normalized spacial score (nSPS) is 32.3. The maximum absolute atomic E-state index is 6.12. The minimum atomic E-state index is -0.328. The van der Waals surface area contributed by atoms with Crippen molar-refractivity contribution < 1.29 is 14.0 Å². The van der Waals surface area contributed by atoms with Crippen molar-refractivity contribution in [1.29, 1.82) is 0 Å². The lowest BCUT2D eigenvalue weighted by Gasteiger charge is -2.41. The van der Waals surface area contributed by atoms with Crippen LogP contribution in [0, 0.1) is 0 Å². The standard InChI is InChI=1S/C13H23BClNO3/c1-12(2)13(3,11-16-7-9-17-10-8-16)19-14(18-12)5-4-6-15/h4-5H,6-11H2,1-3H3/b5-4+. The zero-order chi connectivity index (χ0) is 13.9. The number of halogens is 1. The number of alkyl halides is 1. The fraction of sp³-hybridized carbons (Fsp3) is 0.846. The number of rotatable bonds is 4. The Hall–Kier alpha value is -0.0651. The Morgan fingerprint density at radius 3 is 2.53 bits per heavy atom. The molecule has 0 radical (unpaired) electrons. The van der Waals surface area contributed by atoms with E-state index < -0.39 is 0 Å². The van der Waals surface area contributed by atoms with Crippen molar-refractivity contribution in [2.75, 3.05) is 38.7 Å². The molecular formula is C13H23BClNO3. The fourth-order valence-corrected chi connectivity index (χ4v) is 2.59. The van der Waals surface area contributed by atoms with Crippen LogP contribution in [-0.2, 0) is 14.0 Å². The van der Waals surface area contributed by atoms with Gasteiger partial charge in [0.1, 0.15) is 0 Å². The average Bonchev–Trinajstić information content (AvgIpc) is 2.58. The third kappa shape index (κ3) is 3.53. The predicted molar refractivity (Wildman–Crippen MR) is 77.5 cm³/mol. The SMILES string of the molecule is CC1(C)OB(/C=C/CCl)OC1(C)CN1CCOCC1. The third-order valence-electron chi connectivity index (χ3n) is 4.07. The summed E-state index contributed by atoms with van der Waals surface area (Å²) in [5, 5.41) is 0. The molecule has 4 nitrogen and oxygen atoms in total. The van der Waals surface area contributed by atoms with Crippen LogP contribution in [0.4, 0.5) is 0 Å². The molecule has 19 heavy (non-hydrogen) atoms. The number of allylic oxidation sites excluding steroid dienone is 1. The summed E-state index contributed by atoms with van der Waals surface area (Å²) >= 11 is 5.66. The van der Waals surface area contributed by atoms with Gasteiger partial charge in [-0.1, -0.05) is 12.1 Å². The molecule has 2 aliphatic rings. The van der Waals surface area contributed by atoms with E-state index in [1.807, 2.05) is 12.1 Å². The van der Waals surface area contributed by atoms with Crippen LogP contribution in [0.3, 0.4) is 0 Å². The molecule has 0 bridgehead atoms. The van der Waals surface area contributed by atoms with Crippen LogP contribution in [0.2, 0.25) is 0 Å². The van der Waals surface area contributed by atoms with E-state index in [4.69, 9.17) is 25.6 Å². The lowest BCUT2D eigenvalue weighted by molar-refractivity contribution is -0.0544. The van der Waals surface area contributed by atoms with Crippen molar-refractivity contribution in [2.45, 2.75) is 32.0 Å². The minimum absolute atomic E-state index is 0.306. The number of hydrogen-bond donors (Lipinski definition) is 0. The lowest BCUT2D eigenvalue weighted by Crippen LogP contribution is -2.54. The second-order valence-electron chi connectivity index (χ2n) is 5.82. The number of hydrogen-bond acceptors (Lipinski definition) is 4. The van der Waals surface area contributed by atoms with Crippen molar-refractivity contribution in [3.05, 3.63) is 12.1 Å². The van der Waals surface area contributed by atoms with Gasteiger partial charge >= 0.3 is 7.12 Å². The Balaban J connectivity index is 2.01. The molecule has 0 aliphatic carbocycles. The van der Waals surface area contributed by atoms with E-state index in [-0.39, 0.29) is 18.3 Å². The second-order valence-corrected chi connectivity index (χ2v) is 6.12. The van der Waals surface area contributed by atoms with Crippen LogP contribution in [0.25, 0.3) is 0 Å². The van der Waals surface area contributed by atoms with Crippen LogP contribution >= 0.6 is 11.6 Å². The highest BCUT2D eigenvalue weighted by Gasteiger charge is 2.53. The molecule has 0 amide bonds. The summed E-state index contributed by atoms with van der Waals surface area (Å²) in [5.41, 5.74) is -0.654. The smallest absolute Gasteiger partial charge is 0.400 e. The number of morpholine rings is 1. The van der Waals surface area contributed by atoms with Gasteiger partial charge in [0.05, 0.1) is 24.4 Å². The predicted octanol–water partition coefficient (Wildman–Crippen LogP) is 1.73. The largest absolute Gasteiger partial charge is 0.486 e. The summed E-state index contributed by atoms with van der Waals surface area (Å²) in [7, 11) is -0.306. The van der Waals surface area contributed by atoms with Crippen LogP contribution < -0.4 is 0 Å². The first-order valence-corrected chi connectivity index (χ1v) is 7.39. The van der Waals surface area contributed by atoms with E-state index in [0.29, 0.717) is 5.88 Å². The maximum Gasteiger partial charge on any atom is 0.486 e. The van der Waals surface area contributed by atoms with Gasteiger partial charge in [0.2, 0.25) is 0 Å². The zero-order valence-corrected chi connectivity index (χ0v) is 12.8. The second kappa shape index (κ2) is 6.14. The van der Waals surface area contributed by atoms with Crippen LogP contribution in [-0.4, -0.2) is 61.9 Å².